The molecular formula is C27H27N5O2. The predicted octanol–water partition coefficient (Wildman–Crippen LogP) is 5.21. The second-order valence-electron chi connectivity index (χ2n) is 8.21. The van der Waals surface area contributed by atoms with E-state index in [2.05, 4.69) is 49.5 Å². The van der Waals surface area contributed by atoms with Crippen LogP contribution in [0.3, 0.4) is 0 Å². The van der Waals surface area contributed by atoms with E-state index in [9.17, 15) is 0 Å². The van der Waals surface area contributed by atoms with Gasteiger partial charge in [0, 0.05) is 36.9 Å². The van der Waals surface area contributed by atoms with Gasteiger partial charge in [0.15, 0.2) is 0 Å². The molecule has 2 aromatic heterocycles. The number of morpholine rings is 1. The lowest BCUT2D eigenvalue weighted by Gasteiger charge is -2.25. The summed E-state index contributed by atoms with van der Waals surface area (Å²) in [6, 6.07) is 16.0. The third-order valence-corrected chi connectivity index (χ3v) is 5.74. The molecule has 0 atom stereocenters. The van der Waals surface area contributed by atoms with Crippen LogP contribution >= 0.6 is 0 Å². The van der Waals surface area contributed by atoms with Gasteiger partial charge in [-0.25, -0.2) is 9.97 Å². The summed E-state index contributed by atoms with van der Waals surface area (Å²) in [6.07, 6.45) is 9.37. The number of rotatable bonds is 7. The Morgan fingerprint density at radius 1 is 1.09 bits per heavy atom. The van der Waals surface area contributed by atoms with Crippen LogP contribution in [0.15, 0.2) is 73.3 Å². The van der Waals surface area contributed by atoms with Crippen molar-refractivity contribution >= 4 is 28.5 Å². The molecule has 1 aliphatic heterocycles. The normalized spacial score (nSPS) is 14.5. The van der Waals surface area contributed by atoms with E-state index < -0.39 is 0 Å². The van der Waals surface area contributed by atoms with Gasteiger partial charge in [-0.2, -0.15) is 0 Å². The molecule has 0 radical (unpaired) electrons. The topological polar surface area (TPSA) is 72.4 Å². The molecule has 0 aliphatic carbocycles. The summed E-state index contributed by atoms with van der Waals surface area (Å²) >= 11 is 0. The van der Waals surface area contributed by atoms with Gasteiger partial charge >= 0.3 is 0 Å². The van der Waals surface area contributed by atoms with E-state index in [1.807, 2.05) is 43.3 Å². The number of aryl methyl sites for hydroxylation is 1. The highest BCUT2D eigenvalue weighted by Gasteiger charge is 2.09. The summed E-state index contributed by atoms with van der Waals surface area (Å²) < 4.78 is 11.4. The molecule has 2 aromatic carbocycles. The first-order valence-electron chi connectivity index (χ1n) is 11.4. The molecule has 0 spiro atoms. The fraction of sp³-hybridized carbons (Fsp3) is 0.222. The number of benzene rings is 2. The van der Waals surface area contributed by atoms with Gasteiger partial charge in [0.05, 0.1) is 24.9 Å². The second-order valence-corrected chi connectivity index (χ2v) is 8.21. The van der Waals surface area contributed by atoms with Crippen molar-refractivity contribution in [2.45, 2.75) is 6.92 Å². The fourth-order valence-corrected chi connectivity index (χ4v) is 3.91. The first-order chi connectivity index (χ1) is 16.7. The average molecular weight is 454 g/mol. The summed E-state index contributed by atoms with van der Waals surface area (Å²) in [7, 11) is 0. The maximum Gasteiger partial charge on any atom is 0.145 e. The van der Waals surface area contributed by atoms with E-state index in [1.165, 1.54) is 0 Å². The van der Waals surface area contributed by atoms with E-state index in [-0.39, 0.29) is 0 Å². The van der Waals surface area contributed by atoms with Gasteiger partial charge < -0.3 is 14.8 Å². The number of pyridine rings is 1. The van der Waals surface area contributed by atoms with Crippen molar-refractivity contribution in [2.75, 3.05) is 38.2 Å². The molecule has 3 heterocycles. The van der Waals surface area contributed by atoms with Crippen LogP contribution in [0.1, 0.15) is 11.1 Å². The van der Waals surface area contributed by atoms with E-state index in [0.29, 0.717) is 5.75 Å². The quantitative estimate of drug-likeness (QED) is 0.412. The molecule has 5 rings (SSSR count). The maximum atomic E-state index is 5.95. The van der Waals surface area contributed by atoms with Gasteiger partial charge in [-0.3, -0.25) is 9.88 Å². The maximum absolute atomic E-state index is 5.95. The number of nitrogens with one attached hydrogen (secondary N) is 1. The standard InChI is InChI=1S/C27H27N5O2/c1-20-16-22(7-9-26(20)34-23-5-2-10-28-18-23)31-27-24-17-21(6-8-25(24)29-19-30-27)4-3-11-32-12-14-33-15-13-32/h2-10,16-19H,11-15H2,1H3,(H,29,30,31)/b4-3+. The molecule has 7 nitrogen and oxygen atoms in total. The smallest absolute Gasteiger partial charge is 0.145 e. The van der Waals surface area contributed by atoms with Gasteiger partial charge in [0.1, 0.15) is 23.6 Å². The highest BCUT2D eigenvalue weighted by atomic mass is 16.5. The van der Waals surface area contributed by atoms with Gasteiger partial charge in [0.2, 0.25) is 0 Å². The van der Waals surface area contributed by atoms with Gasteiger partial charge in [-0.05, 0) is 60.5 Å². The van der Waals surface area contributed by atoms with Gasteiger partial charge in [0.25, 0.3) is 0 Å². The Bertz CT molecular complexity index is 1290. The number of hydrogen-bond donors (Lipinski definition) is 1. The van der Waals surface area contributed by atoms with E-state index in [1.54, 1.807) is 18.7 Å². The Labute approximate surface area is 199 Å². The average Bonchev–Trinajstić information content (AvgIpc) is 2.87. The minimum Gasteiger partial charge on any atom is -0.455 e. The molecule has 34 heavy (non-hydrogen) atoms. The molecular weight excluding hydrogens is 426 g/mol. The molecule has 4 aromatic rings. The summed E-state index contributed by atoms with van der Waals surface area (Å²) in [6.45, 7) is 6.53. The summed E-state index contributed by atoms with van der Waals surface area (Å²) in [4.78, 5) is 15.4. The zero-order valence-electron chi connectivity index (χ0n) is 19.1. The van der Waals surface area contributed by atoms with E-state index >= 15 is 0 Å². The van der Waals surface area contributed by atoms with Crippen LogP contribution in [0.2, 0.25) is 0 Å². The van der Waals surface area contributed by atoms with Crippen LogP contribution in [0, 0.1) is 6.92 Å². The summed E-state index contributed by atoms with van der Waals surface area (Å²) in [5, 5.41) is 4.42. The van der Waals surface area contributed by atoms with E-state index in [0.717, 1.165) is 72.1 Å². The van der Waals surface area contributed by atoms with Crippen LogP contribution < -0.4 is 10.1 Å². The first kappa shape index (κ1) is 22.0. The number of aromatic nitrogens is 3. The number of nitrogens with zero attached hydrogens (tertiary/aromatic N) is 4. The molecule has 1 fully saturated rings. The Kier molecular flexibility index (Phi) is 6.74. The fourth-order valence-electron chi connectivity index (χ4n) is 3.91. The lowest BCUT2D eigenvalue weighted by atomic mass is 10.1. The minimum absolute atomic E-state index is 0.710. The van der Waals surface area contributed by atoms with Crippen molar-refractivity contribution in [1.29, 1.82) is 0 Å². The van der Waals surface area contributed by atoms with Crippen LogP contribution in [-0.2, 0) is 4.74 Å². The summed E-state index contributed by atoms with van der Waals surface area (Å²) in [5.74, 6) is 2.27. The number of ether oxygens (including phenoxy) is 2. The van der Waals surface area contributed by atoms with Crippen LogP contribution in [0.4, 0.5) is 11.5 Å². The second kappa shape index (κ2) is 10.4. The zero-order chi connectivity index (χ0) is 23.2. The SMILES string of the molecule is Cc1cc(Nc2ncnc3ccc(/C=C/CN4CCOCC4)cc23)ccc1Oc1cccnc1. The van der Waals surface area contributed by atoms with Crippen molar-refractivity contribution in [2.24, 2.45) is 0 Å². The van der Waals surface area contributed by atoms with Crippen molar-refractivity contribution in [3.8, 4) is 11.5 Å². The Balaban J connectivity index is 1.33. The highest BCUT2D eigenvalue weighted by molar-refractivity contribution is 5.92. The highest BCUT2D eigenvalue weighted by Crippen LogP contribution is 2.29. The molecule has 1 aliphatic rings. The minimum atomic E-state index is 0.710. The number of hydrogen-bond acceptors (Lipinski definition) is 7. The molecule has 1 N–H and O–H groups in total. The van der Waals surface area contributed by atoms with E-state index in [4.69, 9.17) is 9.47 Å². The van der Waals surface area contributed by atoms with Crippen LogP contribution in [0.25, 0.3) is 17.0 Å². The Morgan fingerprint density at radius 3 is 2.82 bits per heavy atom. The Morgan fingerprint density at radius 2 is 2.00 bits per heavy atom. The molecule has 0 unspecified atom stereocenters. The molecule has 7 heteroatoms. The Hall–Kier alpha value is -3.81. The largest absolute Gasteiger partial charge is 0.455 e. The molecule has 0 bridgehead atoms. The van der Waals surface area contributed by atoms with Crippen molar-refractivity contribution in [1.82, 2.24) is 19.9 Å². The monoisotopic (exact) mass is 453 g/mol. The molecule has 0 saturated carbocycles. The third-order valence-electron chi connectivity index (χ3n) is 5.74. The molecule has 172 valence electrons. The van der Waals surface area contributed by atoms with Crippen molar-refractivity contribution in [3.05, 3.63) is 84.5 Å². The van der Waals surface area contributed by atoms with Crippen LogP contribution in [0.5, 0.6) is 11.5 Å². The zero-order valence-corrected chi connectivity index (χ0v) is 19.1. The molecule has 0 amide bonds. The van der Waals surface area contributed by atoms with Crippen molar-refractivity contribution in [3.63, 3.8) is 0 Å². The lowest BCUT2D eigenvalue weighted by Crippen LogP contribution is -2.36. The number of anilines is 2. The summed E-state index contributed by atoms with van der Waals surface area (Å²) in [5.41, 5.74) is 3.97. The first-order valence-corrected chi connectivity index (χ1v) is 11.4. The lowest BCUT2D eigenvalue weighted by molar-refractivity contribution is 0.0435. The number of fused-ring (bicyclic) bond motifs is 1. The van der Waals surface area contributed by atoms with Crippen molar-refractivity contribution < 1.29 is 9.47 Å². The van der Waals surface area contributed by atoms with Crippen LogP contribution in [-0.4, -0.2) is 52.7 Å². The third kappa shape index (κ3) is 5.39. The van der Waals surface area contributed by atoms with Gasteiger partial charge in [-0.15, -0.1) is 0 Å². The molecule has 1 saturated heterocycles. The van der Waals surface area contributed by atoms with Gasteiger partial charge in [-0.1, -0.05) is 18.2 Å². The predicted molar refractivity (Wildman–Crippen MR) is 135 cm³/mol.